The summed E-state index contributed by atoms with van der Waals surface area (Å²) in [4.78, 5) is 19.5. The Bertz CT molecular complexity index is 510. The van der Waals surface area contributed by atoms with Gasteiger partial charge in [0.05, 0.1) is 0 Å². The molecule has 0 aromatic carbocycles. The van der Waals surface area contributed by atoms with Crippen LogP contribution < -0.4 is 0 Å². The molecule has 23 heavy (non-hydrogen) atoms. The number of tetrazole rings is 1. The molecule has 3 heterocycles. The molecule has 0 atom stereocenters. The molecule has 1 spiro atoms. The summed E-state index contributed by atoms with van der Waals surface area (Å²) in [5.74, 6) is 0.268. The van der Waals surface area contributed by atoms with E-state index in [1.807, 2.05) is 0 Å². The summed E-state index contributed by atoms with van der Waals surface area (Å²) in [6.45, 7) is 5.63. The molecule has 0 N–H and O–H groups in total. The fraction of sp³-hybridized carbons (Fsp3) is 0.867. The minimum atomic E-state index is 0.177. The number of rotatable bonds is 4. The maximum absolute atomic E-state index is 12.6. The molecule has 1 aromatic heterocycles. The van der Waals surface area contributed by atoms with Crippen molar-refractivity contribution in [1.82, 2.24) is 34.9 Å². The highest BCUT2D eigenvalue weighted by atomic mass is 16.2. The summed E-state index contributed by atoms with van der Waals surface area (Å²) in [5, 5.41) is 11.0. The van der Waals surface area contributed by atoms with Crippen LogP contribution in [0.4, 0.5) is 0 Å². The van der Waals surface area contributed by atoms with Crippen molar-refractivity contribution in [3.63, 3.8) is 0 Å². The first-order chi connectivity index (χ1) is 11.1. The molecule has 2 saturated heterocycles. The van der Waals surface area contributed by atoms with Crippen LogP contribution in [-0.4, -0.2) is 93.2 Å². The Labute approximate surface area is 137 Å². The van der Waals surface area contributed by atoms with E-state index in [-0.39, 0.29) is 11.4 Å². The van der Waals surface area contributed by atoms with Crippen LogP contribution in [0.25, 0.3) is 0 Å². The van der Waals surface area contributed by atoms with Gasteiger partial charge in [-0.1, -0.05) is 0 Å². The monoisotopic (exact) mass is 321 g/mol. The predicted octanol–water partition coefficient (Wildman–Crippen LogP) is -0.308. The molecule has 2 aliphatic rings. The highest BCUT2D eigenvalue weighted by Gasteiger charge is 2.42. The van der Waals surface area contributed by atoms with Crippen molar-refractivity contribution < 1.29 is 4.79 Å². The Morgan fingerprint density at radius 2 is 1.96 bits per heavy atom. The van der Waals surface area contributed by atoms with Crippen LogP contribution in [0.3, 0.4) is 0 Å². The first-order valence-electron chi connectivity index (χ1n) is 8.47. The summed E-state index contributed by atoms with van der Waals surface area (Å²) >= 11 is 0. The minimum absolute atomic E-state index is 0.177. The number of hydrogen-bond acceptors (Lipinski definition) is 6. The molecule has 0 radical (unpaired) electrons. The number of piperidine rings is 1. The third kappa shape index (κ3) is 3.69. The molecule has 1 aromatic rings. The van der Waals surface area contributed by atoms with Gasteiger partial charge in [-0.15, -0.1) is 5.10 Å². The molecule has 3 rings (SSSR count). The van der Waals surface area contributed by atoms with Crippen molar-refractivity contribution in [2.75, 3.05) is 46.8 Å². The van der Waals surface area contributed by atoms with E-state index in [4.69, 9.17) is 0 Å². The summed E-state index contributed by atoms with van der Waals surface area (Å²) < 4.78 is 1.68. The van der Waals surface area contributed by atoms with Gasteiger partial charge in [-0.25, -0.2) is 4.68 Å². The van der Waals surface area contributed by atoms with Crippen molar-refractivity contribution in [2.24, 2.45) is 0 Å². The normalized spacial score (nSPS) is 22.6. The number of piperazine rings is 1. The average molecular weight is 321 g/mol. The fourth-order valence-electron chi connectivity index (χ4n) is 3.68. The molecule has 1 amide bonds. The van der Waals surface area contributed by atoms with Gasteiger partial charge in [-0.05, 0) is 56.9 Å². The molecular formula is C15H27N7O. The molecule has 128 valence electrons. The quantitative estimate of drug-likeness (QED) is 0.758. The van der Waals surface area contributed by atoms with E-state index in [9.17, 15) is 4.79 Å². The molecule has 2 aliphatic heterocycles. The molecular weight excluding hydrogens is 294 g/mol. The summed E-state index contributed by atoms with van der Waals surface area (Å²) in [5.41, 5.74) is 0.177. The van der Waals surface area contributed by atoms with Gasteiger partial charge in [-0.3, -0.25) is 9.69 Å². The lowest BCUT2D eigenvalue weighted by Gasteiger charge is -2.52. The SMILES string of the molecule is CN1CCC2(CC1)CN(C(=O)CCCn1cnnn1)CCN2C. The summed E-state index contributed by atoms with van der Waals surface area (Å²) in [6.07, 6.45) is 5.24. The van der Waals surface area contributed by atoms with Crippen LogP contribution in [0.15, 0.2) is 6.33 Å². The second kappa shape index (κ2) is 6.92. The number of carbonyl (C=O) groups is 1. The minimum Gasteiger partial charge on any atom is -0.340 e. The second-order valence-corrected chi connectivity index (χ2v) is 6.94. The topological polar surface area (TPSA) is 70.4 Å². The zero-order chi connectivity index (χ0) is 16.3. The number of likely N-dealkylation sites (tertiary alicyclic amines) is 1. The highest BCUT2D eigenvalue weighted by Crippen LogP contribution is 2.31. The van der Waals surface area contributed by atoms with E-state index < -0.39 is 0 Å². The zero-order valence-electron chi connectivity index (χ0n) is 14.2. The number of aryl methyl sites for hydroxylation is 1. The van der Waals surface area contributed by atoms with E-state index in [2.05, 4.69) is 44.3 Å². The molecule has 0 saturated carbocycles. The van der Waals surface area contributed by atoms with E-state index in [1.165, 1.54) is 0 Å². The average Bonchev–Trinajstić information content (AvgIpc) is 3.06. The molecule has 0 bridgehead atoms. The van der Waals surface area contributed by atoms with Crippen molar-refractivity contribution in [2.45, 2.75) is 37.8 Å². The molecule has 0 unspecified atom stereocenters. The molecule has 0 aliphatic carbocycles. The van der Waals surface area contributed by atoms with Gasteiger partial charge in [0.1, 0.15) is 6.33 Å². The van der Waals surface area contributed by atoms with Crippen LogP contribution >= 0.6 is 0 Å². The van der Waals surface area contributed by atoms with Crippen molar-refractivity contribution in [1.29, 1.82) is 0 Å². The Morgan fingerprint density at radius 1 is 1.17 bits per heavy atom. The second-order valence-electron chi connectivity index (χ2n) is 6.94. The van der Waals surface area contributed by atoms with Gasteiger partial charge in [0.2, 0.25) is 5.91 Å². The maximum atomic E-state index is 12.6. The maximum Gasteiger partial charge on any atom is 0.222 e. The van der Waals surface area contributed by atoms with Crippen molar-refractivity contribution in [3.05, 3.63) is 6.33 Å². The number of hydrogen-bond donors (Lipinski definition) is 0. The Balaban J connectivity index is 1.52. The van der Waals surface area contributed by atoms with E-state index in [0.29, 0.717) is 13.0 Å². The Morgan fingerprint density at radius 3 is 2.65 bits per heavy atom. The van der Waals surface area contributed by atoms with Gasteiger partial charge in [0.25, 0.3) is 0 Å². The standard InChI is InChI=1S/C15H27N7O/c1-19-8-5-15(6-9-19)12-21(11-10-20(15)2)14(23)4-3-7-22-13-16-17-18-22/h13H,3-12H2,1-2H3. The van der Waals surface area contributed by atoms with Crippen LogP contribution in [0.2, 0.25) is 0 Å². The number of aromatic nitrogens is 4. The number of nitrogens with zero attached hydrogens (tertiary/aromatic N) is 7. The van der Waals surface area contributed by atoms with Crippen molar-refractivity contribution in [3.8, 4) is 0 Å². The predicted molar refractivity (Wildman–Crippen MR) is 85.7 cm³/mol. The molecule has 8 heteroatoms. The van der Waals surface area contributed by atoms with E-state index in [1.54, 1.807) is 11.0 Å². The van der Waals surface area contributed by atoms with E-state index in [0.717, 1.165) is 52.0 Å². The largest absolute Gasteiger partial charge is 0.340 e. The third-order valence-electron chi connectivity index (χ3n) is 5.44. The van der Waals surface area contributed by atoms with Gasteiger partial charge in [0, 0.05) is 38.1 Å². The smallest absolute Gasteiger partial charge is 0.222 e. The Hall–Kier alpha value is -1.54. The summed E-state index contributed by atoms with van der Waals surface area (Å²) in [6, 6.07) is 0. The fourth-order valence-corrected chi connectivity index (χ4v) is 3.68. The lowest BCUT2D eigenvalue weighted by Crippen LogP contribution is -2.64. The first kappa shape index (κ1) is 16.3. The third-order valence-corrected chi connectivity index (χ3v) is 5.44. The lowest BCUT2D eigenvalue weighted by molar-refractivity contribution is -0.138. The highest BCUT2D eigenvalue weighted by molar-refractivity contribution is 5.76. The van der Waals surface area contributed by atoms with Crippen LogP contribution in [0, 0.1) is 0 Å². The number of carbonyl (C=O) groups excluding carboxylic acids is 1. The summed E-state index contributed by atoms with van der Waals surface area (Å²) in [7, 11) is 4.39. The van der Waals surface area contributed by atoms with Gasteiger partial charge in [-0.2, -0.15) is 0 Å². The zero-order valence-corrected chi connectivity index (χ0v) is 14.2. The van der Waals surface area contributed by atoms with Gasteiger partial charge < -0.3 is 9.80 Å². The van der Waals surface area contributed by atoms with Gasteiger partial charge >= 0.3 is 0 Å². The lowest BCUT2D eigenvalue weighted by atomic mass is 9.84. The van der Waals surface area contributed by atoms with Crippen LogP contribution in [0.1, 0.15) is 25.7 Å². The molecule has 2 fully saturated rings. The van der Waals surface area contributed by atoms with E-state index >= 15 is 0 Å². The van der Waals surface area contributed by atoms with Gasteiger partial charge in [0.15, 0.2) is 0 Å². The number of amides is 1. The van der Waals surface area contributed by atoms with Crippen LogP contribution in [0.5, 0.6) is 0 Å². The number of likely N-dealkylation sites (N-methyl/N-ethyl adjacent to an activating group) is 1. The Kier molecular flexibility index (Phi) is 4.91. The first-order valence-corrected chi connectivity index (χ1v) is 8.47. The van der Waals surface area contributed by atoms with Crippen LogP contribution in [-0.2, 0) is 11.3 Å². The van der Waals surface area contributed by atoms with Crippen molar-refractivity contribution >= 4 is 5.91 Å². The molecule has 8 nitrogen and oxygen atoms in total.